The summed E-state index contributed by atoms with van der Waals surface area (Å²) < 4.78 is 37.5. The van der Waals surface area contributed by atoms with Crippen LogP contribution < -0.4 is 4.72 Å². The topological polar surface area (TPSA) is 86.8 Å². The number of piperazine rings is 1. The summed E-state index contributed by atoms with van der Waals surface area (Å²) >= 11 is 0. The highest BCUT2D eigenvalue weighted by Gasteiger charge is 2.30. The second-order valence-corrected chi connectivity index (χ2v) is 7.59. The van der Waals surface area contributed by atoms with Crippen LogP contribution >= 0.6 is 0 Å². The first kappa shape index (κ1) is 18.3. The van der Waals surface area contributed by atoms with Crippen LogP contribution in [0.4, 0.5) is 4.39 Å². The first-order chi connectivity index (χ1) is 11.2. The van der Waals surface area contributed by atoms with Crippen LogP contribution in [0.2, 0.25) is 0 Å². The van der Waals surface area contributed by atoms with Crippen LogP contribution in [0, 0.1) is 5.82 Å². The number of halogens is 1. The predicted molar refractivity (Wildman–Crippen MR) is 85.8 cm³/mol. The molecule has 2 amide bonds. The quantitative estimate of drug-likeness (QED) is 0.799. The van der Waals surface area contributed by atoms with Gasteiger partial charge in [0.1, 0.15) is 5.82 Å². The molecule has 1 aromatic rings. The van der Waals surface area contributed by atoms with Crippen LogP contribution in [0.25, 0.3) is 0 Å². The average molecular weight is 357 g/mol. The van der Waals surface area contributed by atoms with Crippen LogP contribution in [-0.4, -0.2) is 62.0 Å². The average Bonchev–Trinajstić information content (AvgIpc) is 2.49. The van der Waals surface area contributed by atoms with E-state index in [0.717, 1.165) is 11.8 Å². The van der Waals surface area contributed by atoms with Crippen molar-refractivity contribution in [2.75, 3.05) is 25.9 Å². The van der Waals surface area contributed by atoms with E-state index in [9.17, 15) is 22.4 Å². The van der Waals surface area contributed by atoms with Crippen molar-refractivity contribution in [3.63, 3.8) is 0 Å². The Hall–Kier alpha value is -2.00. The Morgan fingerprint density at radius 1 is 1.29 bits per heavy atom. The van der Waals surface area contributed by atoms with E-state index < -0.39 is 22.0 Å². The highest BCUT2D eigenvalue weighted by molar-refractivity contribution is 7.88. The van der Waals surface area contributed by atoms with Crippen molar-refractivity contribution in [2.45, 2.75) is 19.5 Å². The summed E-state index contributed by atoms with van der Waals surface area (Å²) in [7, 11) is -3.50. The second-order valence-electron chi connectivity index (χ2n) is 5.81. The third-order valence-corrected chi connectivity index (χ3v) is 4.46. The lowest BCUT2D eigenvalue weighted by Gasteiger charge is -2.35. The van der Waals surface area contributed by atoms with Crippen molar-refractivity contribution in [3.05, 3.63) is 35.6 Å². The molecule has 132 valence electrons. The maximum absolute atomic E-state index is 12.9. The molecule has 0 unspecified atom stereocenters. The number of carbonyl (C=O) groups is 2. The van der Waals surface area contributed by atoms with Crippen molar-refractivity contribution in [2.24, 2.45) is 0 Å². The minimum Gasteiger partial charge on any atom is -0.335 e. The van der Waals surface area contributed by atoms with Crippen molar-refractivity contribution >= 4 is 21.8 Å². The number of nitrogens with zero attached hydrogens (tertiary/aromatic N) is 2. The maximum atomic E-state index is 12.9. The molecule has 0 radical (unpaired) electrons. The smallest absolute Gasteiger partial charge is 0.242 e. The molecule has 7 nitrogen and oxygen atoms in total. The molecule has 0 spiro atoms. The number of rotatable bonds is 5. The summed E-state index contributed by atoms with van der Waals surface area (Å²) in [5.41, 5.74) is 0.802. The van der Waals surface area contributed by atoms with Crippen LogP contribution in [-0.2, 0) is 26.2 Å². The molecule has 0 bridgehead atoms. The third kappa shape index (κ3) is 5.00. The number of hydrogen-bond donors (Lipinski definition) is 1. The first-order valence-corrected chi connectivity index (χ1v) is 9.33. The number of hydrogen-bond acceptors (Lipinski definition) is 4. The van der Waals surface area contributed by atoms with Gasteiger partial charge in [0, 0.05) is 19.6 Å². The minimum absolute atomic E-state index is 0.101. The van der Waals surface area contributed by atoms with Crippen molar-refractivity contribution < 1.29 is 22.4 Å². The van der Waals surface area contributed by atoms with E-state index in [2.05, 4.69) is 4.72 Å². The summed E-state index contributed by atoms with van der Waals surface area (Å²) in [5.74, 6) is -1.01. The Labute approximate surface area is 140 Å². The summed E-state index contributed by atoms with van der Waals surface area (Å²) in [6.07, 6.45) is 0.975. The van der Waals surface area contributed by atoms with Gasteiger partial charge in [-0.1, -0.05) is 12.1 Å². The van der Waals surface area contributed by atoms with Gasteiger partial charge in [-0.15, -0.1) is 0 Å². The van der Waals surface area contributed by atoms with Gasteiger partial charge in [0.2, 0.25) is 21.8 Å². The molecule has 0 aromatic heterocycles. The monoisotopic (exact) mass is 357 g/mol. The van der Waals surface area contributed by atoms with Crippen molar-refractivity contribution in [1.29, 1.82) is 0 Å². The SMILES string of the molecule is C[C@H](NS(C)(=O)=O)C(=O)N1CCN(Cc2ccc(F)cc2)C(=O)C1. The lowest BCUT2D eigenvalue weighted by atomic mass is 10.2. The number of sulfonamides is 1. The molecule has 1 aliphatic rings. The minimum atomic E-state index is -3.50. The lowest BCUT2D eigenvalue weighted by Crippen LogP contribution is -2.56. The molecule has 2 rings (SSSR count). The lowest BCUT2D eigenvalue weighted by molar-refractivity contribution is -0.146. The molecule has 1 aromatic carbocycles. The number of benzene rings is 1. The molecule has 24 heavy (non-hydrogen) atoms. The van der Waals surface area contributed by atoms with Crippen molar-refractivity contribution in [3.8, 4) is 0 Å². The first-order valence-electron chi connectivity index (χ1n) is 7.44. The largest absolute Gasteiger partial charge is 0.335 e. The van der Waals surface area contributed by atoms with E-state index in [1.165, 1.54) is 24.0 Å². The number of amides is 2. The molecule has 0 saturated carbocycles. The molecule has 1 aliphatic heterocycles. The fourth-order valence-corrected chi connectivity index (χ4v) is 3.26. The Kier molecular flexibility index (Phi) is 5.55. The molecule has 9 heteroatoms. The normalized spacial score (nSPS) is 17.0. The Bertz CT molecular complexity index is 721. The van der Waals surface area contributed by atoms with Gasteiger partial charge in [-0.05, 0) is 24.6 Å². The second kappa shape index (κ2) is 7.27. The Balaban J connectivity index is 1.93. The zero-order chi connectivity index (χ0) is 17.9. The van der Waals surface area contributed by atoms with Crippen molar-refractivity contribution in [1.82, 2.24) is 14.5 Å². The molecule has 0 aliphatic carbocycles. The summed E-state index contributed by atoms with van der Waals surface area (Å²) in [4.78, 5) is 27.3. The fraction of sp³-hybridized carbons (Fsp3) is 0.467. The third-order valence-electron chi connectivity index (χ3n) is 3.68. The molecular formula is C15H20FN3O4S. The Morgan fingerprint density at radius 3 is 2.46 bits per heavy atom. The maximum Gasteiger partial charge on any atom is 0.242 e. The standard InChI is InChI=1S/C15H20FN3O4S/c1-11(17-24(2,22)23)15(21)19-8-7-18(14(20)10-19)9-12-3-5-13(16)6-4-12/h3-6,11,17H,7-10H2,1-2H3/t11-/m0/s1. The Morgan fingerprint density at radius 2 is 1.92 bits per heavy atom. The van der Waals surface area contributed by atoms with E-state index in [4.69, 9.17) is 0 Å². The molecule has 1 heterocycles. The molecule has 1 N–H and O–H groups in total. The highest BCUT2D eigenvalue weighted by atomic mass is 32.2. The van der Waals surface area contributed by atoms with Crippen LogP contribution in [0.5, 0.6) is 0 Å². The summed E-state index contributed by atoms with van der Waals surface area (Å²) in [6, 6.07) is 4.96. The van der Waals surface area contributed by atoms with E-state index in [1.807, 2.05) is 0 Å². The summed E-state index contributed by atoms with van der Waals surface area (Å²) in [5, 5.41) is 0. The molecule has 1 atom stereocenters. The van der Waals surface area contributed by atoms with Crippen LogP contribution in [0.15, 0.2) is 24.3 Å². The van der Waals surface area contributed by atoms with E-state index in [-0.39, 0.29) is 18.3 Å². The van der Waals surface area contributed by atoms with Gasteiger partial charge in [-0.25, -0.2) is 17.5 Å². The van der Waals surface area contributed by atoms with Gasteiger partial charge in [0.25, 0.3) is 0 Å². The van der Waals surface area contributed by atoms with Gasteiger partial charge < -0.3 is 9.80 Å². The summed E-state index contributed by atoms with van der Waals surface area (Å²) in [6.45, 7) is 2.35. The van der Waals surface area contributed by atoms with E-state index in [1.54, 1.807) is 17.0 Å². The van der Waals surface area contributed by atoms with Gasteiger partial charge in [-0.3, -0.25) is 9.59 Å². The van der Waals surface area contributed by atoms with Crippen LogP contribution in [0.3, 0.4) is 0 Å². The van der Waals surface area contributed by atoms with Gasteiger partial charge in [0.05, 0.1) is 18.8 Å². The molecular weight excluding hydrogens is 337 g/mol. The molecule has 1 saturated heterocycles. The zero-order valence-electron chi connectivity index (χ0n) is 13.5. The fourth-order valence-electron chi connectivity index (χ4n) is 2.52. The predicted octanol–water partition coefficient (Wildman–Crippen LogP) is -0.0658. The zero-order valence-corrected chi connectivity index (χ0v) is 14.3. The number of nitrogens with one attached hydrogen (secondary N) is 1. The van der Waals surface area contributed by atoms with Crippen LogP contribution in [0.1, 0.15) is 12.5 Å². The van der Waals surface area contributed by atoms with E-state index in [0.29, 0.717) is 19.6 Å². The number of carbonyl (C=O) groups excluding carboxylic acids is 2. The molecule has 1 fully saturated rings. The van der Waals surface area contributed by atoms with Gasteiger partial charge >= 0.3 is 0 Å². The van der Waals surface area contributed by atoms with E-state index >= 15 is 0 Å². The highest BCUT2D eigenvalue weighted by Crippen LogP contribution is 2.11. The van der Waals surface area contributed by atoms with Gasteiger partial charge in [-0.2, -0.15) is 0 Å². The van der Waals surface area contributed by atoms with Gasteiger partial charge in [0.15, 0.2) is 0 Å².